The zero-order valence-corrected chi connectivity index (χ0v) is 14.3. The van der Waals surface area contributed by atoms with Crippen LogP contribution >= 0.6 is 11.8 Å². The molecule has 0 N–H and O–H groups in total. The van der Waals surface area contributed by atoms with Crippen molar-refractivity contribution in [2.24, 2.45) is 0 Å². The van der Waals surface area contributed by atoms with Crippen LogP contribution in [0, 0.1) is 6.92 Å². The van der Waals surface area contributed by atoms with Gasteiger partial charge in [0.15, 0.2) is 0 Å². The van der Waals surface area contributed by atoms with Crippen LogP contribution in [0.5, 0.6) is 0 Å². The zero-order chi connectivity index (χ0) is 16.8. The summed E-state index contributed by atoms with van der Waals surface area (Å²) in [5, 5.41) is 0. The average Bonchev–Trinajstić information content (AvgIpc) is 2.63. The molecule has 0 bridgehead atoms. The van der Waals surface area contributed by atoms with E-state index >= 15 is 0 Å². The lowest BCUT2D eigenvalue weighted by Crippen LogP contribution is -2.05. The fourth-order valence-electron chi connectivity index (χ4n) is 2.26. The highest BCUT2D eigenvalue weighted by molar-refractivity contribution is 7.99. The Hall–Kier alpha value is -2.52. The summed E-state index contributed by atoms with van der Waals surface area (Å²) in [5.74, 6) is -0.300. The third-order valence-electron chi connectivity index (χ3n) is 3.59. The highest BCUT2D eigenvalue weighted by Crippen LogP contribution is 2.31. The molecule has 0 unspecified atom stereocenters. The van der Waals surface area contributed by atoms with Crippen LogP contribution in [-0.2, 0) is 11.3 Å². The molecule has 3 rings (SSSR count). The van der Waals surface area contributed by atoms with E-state index in [2.05, 4.69) is 37.3 Å². The first-order valence-electron chi connectivity index (χ1n) is 7.77. The average molecular weight is 334 g/mol. The van der Waals surface area contributed by atoms with E-state index in [1.54, 1.807) is 23.9 Å². The highest BCUT2D eigenvalue weighted by atomic mass is 32.2. The molecule has 0 saturated carbocycles. The molecule has 0 saturated heterocycles. The number of ether oxygens (including phenoxy) is 1. The van der Waals surface area contributed by atoms with Crippen molar-refractivity contribution in [1.82, 2.24) is 0 Å². The van der Waals surface area contributed by atoms with Gasteiger partial charge in [-0.3, -0.25) is 0 Å². The fraction of sp³-hybridized carbons (Fsp3) is 0.0952. The molecule has 3 aromatic carbocycles. The standard InChI is InChI=1S/C21H18O2S/c1-16-11-13-19(14-12-16)24-20-10-6-5-9-18(20)15-23-21(22)17-7-3-2-4-8-17/h2-14H,15H2,1H3. The second kappa shape index (κ2) is 7.84. The Morgan fingerprint density at radius 1 is 0.875 bits per heavy atom. The molecule has 2 nitrogen and oxygen atoms in total. The first-order chi connectivity index (χ1) is 11.7. The first kappa shape index (κ1) is 16.3. The lowest BCUT2D eigenvalue weighted by Gasteiger charge is -2.10. The monoisotopic (exact) mass is 334 g/mol. The molecule has 24 heavy (non-hydrogen) atoms. The molecule has 3 aromatic rings. The Balaban J connectivity index is 1.70. The number of carbonyl (C=O) groups excluding carboxylic acids is 1. The van der Waals surface area contributed by atoms with Crippen LogP contribution in [0.1, 0.15) is 21.5 Å². The number of benzene rings is 3. The van der Waals surface area contributed by atoms with Gasteiger partial charge in [-0.15, -0.1) is 0 Å². The number of hydrogen-bond acceptors (Lipinski definition) is 3. The summed E-state index contributed by atoms with van der Waals surface area (Å²) in [6.07, 6.45) is 0. The van der Waals surface area contributed by atoms with Crippen molar-refractivity contribution in [3.8, 4) is 0 Å². The Morgan fingerprint density at radius 2 is 1.54 bits per heavy atom. The van der Waals surface area contributed by atoms with E-state index in [9.17, 15) is 4.79 Å². The zero-order valence-electron chi connectivity index (χ0n) is 13.4. The lowest BCUT2D eigenvalue weighted by molar-refractivity contribution is 0.0470. The van der Waals surface area contributed by atoms with E-state index in [4.69, 9.17) is 4.74 Å². The summed E-state index contributed by atoms with van der Waals surface area (Å²) in [4.78, 5) is 14.4. The molecular weight excluding hydrogens is 316 g/mol. The van der Waals surface area contributed by atoms with Gasteiger partial charge in [-0.25, -0.2) is 4.79 Å². The minimum absolute atomic E-state index is 0.267. The second-order valence-electron chi connectivity index (χ2n) is 5.46. The maximum absolute atomic E-state index is 12.1. The predicted molar refractivity (Wildman–Crippen MR) is 97.3 cm³/mol. The van der Waals surface area contributed by atoms with Crippen molar-refractivity contribution in [1.29, 1.82) is 0 Å². The van der Waals surface area contributed by atoms with E-state index in [0.717, 1.165) is 10.5 Å². The highest BCUT2D eigenvalue weighted by Gasteiger charge is 2.09. The summed E-state index contributed by atoms with van der Waals surface area (Å²) >= 11 is 1.68. The van der Waals surface area contributed by atoms with Gasteiger partial charge in [0.2, 0.25) is 0 Å². The van der Waals surface area contributed by atoms with Crippen molar-refractivity contribution in [3.63, 3.8) is 0 Å². The van der Waals surface area contributed by atoms with Gasteiger partial charge in [0.25, 0.3) is 0 Å². The molecule has 0 fully saturated rings. The number of carbonyl (C=O) groups is 1. The normalized spacial score (nSPS) is 10.4. The Kier molecular flexibility index (Phi) is 5.34. The molecule has 3 heteroatoms. The number of aryl methyl sites for hydroxylation is 1. The van der Waals surface area contributed by atoms with Crippen molar-refractivity contribution in [2.45, 2.75) is 23.3 Å². The third-order valence-corrected chi connectivity index (χ3v) is 4.72. The summed E-state index contributed by atoms with van der Waals surface area (Å²) < 4.78 is 5.46. The largest absolute Gasteiger partial charge is 0.457 e. The van der Waals surface area contributed by atoms with Gasteiger partial charge >= 0.3 is 5.97 Å². The molecule has 0 amide bonds. The van der Waals surface area contributed by atoms with E-state index in [1.165, 1.54) is 10.5 Å². The number of rotatable bonds is 5. The van der Waals surface area contributed by atoms with Crippen LogP contribution in [0.2, 0.25) is 0 Å². The van der Waals surface area contributed by atoms with Crippen LogP contribution in [0.4, 0.5) is 0 Å². The van der Waals surface area contributed by atoms with Gasteiger partial charge in [0.05, 0.1) is 5.56 Å². The Bertz CT molecular complexity index is 811. The van der Waals surface area contributed by atoms with E-state index in [1.807, 2.05) is 36.4 Å². The summed E-state index contributed by atoms with van der Waals surface area (Å²) in [5.41, 5.74) is 2.82. The van der Waals surface area contributed by atoms with E-state index in [0.29, 0.717) is 5.56 Å². The first-order valence-corrected chi connectivity index (χ1v) is 8.58. The Morgan fingerprint density at radius 3 is 2.29 bits per heavy atom. The van der Waals surface area contributed by atoms with Crippen LogP contribution in [-0.4, -0.2) is 5.97 Å². The Labute approximate surface area is 146 Å². The van der Waals surface area contributed by atoms with Crippen LogP contribution in [0.3, 0.4) is 0 Å². The maximum Gasteiger partial charge on any atom is 0.338 e. The van der Waals surface area contributed by atoms with Crippen LogP contribution < -0.4 is 0 Å². The molecule has 0 heterocycles. The molecule has 0 radical (unpaired) electrons. The van der Waals surface area contributed by atoms with Crippen molar-refractivity contribution >= 4 is 17.7 Å². The molecule has 0 aliphatic carbocycles. The summed E-state index contributed by atoms with van der Waals surface area (Å²) in [7, 11) is 0. The predicted octanol–water partition coefficient (Wildman–Crippen LogP) is 5.50. The van der Waals surface area contributed by atoms with E-state index in [-0.39, 0.29) is 12.6 Å². The van der Waals surface area contributed by atoms with E-state index < -0.39 is 0 Å². The topological polar surface area (TPSA) is 26.3 Å². The van der Waals surface area contributed by atoms with Crippen LogP contribution in [0.15, 0.2) is 88.7 Å². The van der Waals surface area contributed by atoms with Gasteiger partial charge in [-0.2, -0.15) is 0 Å². The van der Waals surface area contributed by atoms with Crippen molar-refractivity contribution in [2.75, 3.05) is 0 Å². The molecule has 0 aromatic heterocycles. The van der Waals surface area contributed by atoms with Gasteiger partial charge in [0.1, 0.15) is 6.61 Å². The van der Waals surface area contributed by atoms with Gasteiger partial charge < -0.3 is 4.74 Å². The van der Waals surface area contributed by atoms with Crippen molar-refractivity contribution in [3.05, 3.63) is 95.6 Å². The van der Waals surface area contributed by atoms with Gasteiger partial charge in [0, 0.05) is 15.4 Å². The number of hydrogen-bond donors (Lipinski definition) is 0. The van der Waals surface area contributed by atoms with Crippen molar-refractivity contribution < 1.29 is 9.53 Å². The van der Waals surface area contributed by atoms with Gasteiger partial charge in [-0.05, 0) is 37.3 Å². The molecule has 0 spiro atoms. The SMILES string of the molecule is Cc1ccc(Sc2ccccc2COC(=O)c2ccccc2)cc1. The molecule has 120 valence electrons. The van der Waals surface area contributed by atoms with Gasteiger partial charge in [-0.1, -0.05) is 65.9 Å². The third kappa shape index (κ3) is 4.27. The smallest absolute Gasteiger partial charge is 0.338 e. The molecular formula is C21H18O2S. The summed E-state index contributed by atoms with van der Waals surface area (Å²) in [6, 6.07) is 25.5. The minimum atomic E-state index is -0.300. The molecule has 0 aliphatic heterocycles. The number of esters is 1. The summed E-state index contributed by atoms with van der Waals surface area (Å²) in [6.45, 7) is 2.34. The lowest BCUT2D eigenvalue weighted by atomic mass is 10.2. The maximum atomic E-state index is 12.1. The quantitative estimate of drug-likeness (QED) is 0.576. The fourth-order valence-corrected chi connectivity index (χ4v) is 3.19. The second-order valence-corrected chi connectivity index (χ2v) is 6.58. The molecule has 0 aliphatic rings. The minimum Gasteiger partial charge on any atom is -0.457 e. The van der Waals surface area contributed by atoms with Crippen LogP contribution in [0.25, 0.3) is 0 Å². The molecule has 0 atom stereocenters.